The lowest BCUT2D eigenvalue weighted by atomic mass is 10.1. The van der Waals surface area contributed by atoms with Crippen LogP contribution in [0.1, 0.15) is 18.1 Å². The number of benzene rings is 3. The van der Waals surface area contributed by atoms with Crippen molar-refractivity contribution in [3.8, 4) is 17.2 Å². The molecule has 0 saturated heterocycles. The number of rotatable bonds is 13. The van der Waals surface area contributed by atoms with Crippen molar-refractivity contribution in [2.45, 2.75) is 32.1 Å². The first-order valence-corrected chi connectivity index (χ1v) is 13.2. The molecule has 0 fully saturated rings. The summed E-state index contributed by atoms with van der Waals surface area (Å²) in [7, 11) is -3.64. The molecule has 0 radical (unpaired) electrons. The van der Waals surface area contributed by atoms with Gasteiger partial charge in [0.15, 0.2) is 6.35 Å². The van der Waals surface area contributed by atoms with Crippen LogP contribution >= 0.6 is 7.37 Å². The maximum atomic E-state index is 12.7. The largest absolute Gasteiger partial charge is 0.508 e. The first-order valence-electron chi connectivity index (χ1n) is 11.3. The minimum absolute atomic E-state index is 0.00811. The number of aromatic hydroxyl groups is 1. The lowest BCUT2D eigenvalue weighted by molar-refractivity contribution is 0.104. The summed E-state index contributed by atoms with van der Waals surface area (Å²) in [5.41, 5.74) is 1.35. The molecule has 0 saturated carbocycles. The molecule has 3 rings (SSSR count). The van der Waals surface area contributed by atoms with Crippen molar-refractivity contribution in [1.29, 1.82) is 0 Å². The van der Waals surface area contributed by atoms with Crippen molar-refractivity contribution in [3.63, 3.8) is 0 Å². The number of ether oxygens (including phenoxy) is 2. The highest BCUT2D eigenvalue weighted by molar-refractivity contribution is 7.65. The van der Waals surface area contributed by atoms with Crippen LogP contribution in [-0.4, -0.2) is 51.9 Å². The summed E-state index contributed by atoms with van der Waals surface area (Å²) in [6.45, 7) is 2.05. The van der Waals surface area contributed by atoms with E-state index < -0.39 is 13.5 Å². The standard InChI is InChI=1S/C26H32NO7P/c1-19(27-15-22(29)17-33-24-9-12-26(30)21(14-24)16-28)13-20-7-10-25(11-8-20)35(31,32)18-34-23-5-3-2-4-6-23/h2-12,14,19,22,27-30H,13,15-18H2,1H3,(H,31,32). The molecule has 3 atom stereocenters. The Labute approximate surface area is 205 Å². The predicted molar refractivity (Wildman–Crippen MR) is 135 cm³/mol. The highest BCUT2D eigenvalue weighted by Crippen LogP contribution is 2.39. The molecule has 0 spiro atoms. The van der Waals surface area contributed by atoms with Crippen LogP contribution in [0.15, 0.2) is 72.8 Å². The van der Waals surface area contributed by atoms with Gasteiger partial charge in [0, 0.05) is 23.5 Å². The van der Waals surface area contributed by atoms with Gasteiger partial charge in [0.2, 0.25) is 0 Å². The van der Waals surface area contributed by atoms with Crippen molar-refractivity contribution in [1.82, 2.24) is 5.32 Å². The van der Waals surface area contributed by atoms with Gasteiger partial charge in [0.1, 0.15) is 30.0 Å². The monoisotopic (exact) mass is 501 g/mol. The smallest absolute Gasteiger partial charge is 0.265 e. The minimum Gasteiger partial charge on any atom is -0.508 e. The number of para-hydroxylation sites is 1. The Hall–Kier alpha value is -2.87. The second-order valence-corrected chi connectivity index (χ2v) is 10.6. The molecule has 0 bridgehead atoms. The molecule has 0 aliphatic rings. The Morgan fingerprint density at radius 1 is 0.971 bits per heavy atom. The first-order chi connectivity index (χ1) is 16.8. The molecule has 188 valence electrons. The topological polar surface area (TPSA) is 128 Å². The lowest BCUT2D eigenvalue weighted by Gasteiger charge is -2.18. The highest BCUT2D eigenvalue weighted by Gasteiger charge is 2.22. The quantitative estimate of drug-likeness (QED) is 0.226. The van der Waals surface area contributed by atoms with Gasteiger partial charge in [-0.25, -0.2) is 0 Å². The van der Waals surface area contributed by atoms with Gasteiger partial charge >= 0.3 is 0 Å². The number of phenols is 1. The van der Waals surface area contributed by atoms with E-state index in [1.807, 2.05) is 25.1 Å². The van der Waals surface area contributed by atoms with E-state index in [1.54, 1.807) is 42.5 Å². The zero-order valence-electron chi connectivity index (χ0n) is 19.6. The normalized spacial score (nSPS) is 14.6. The summed E-state index contributed by atoms with van der Waals surface area (Å²) in [6.07, 6.45) is -0.377. The SMILES string of the molecule is CC(Cc1ccc(P(=O)(O)COc2ccccc2)cc1)NCC(O)COc1ccc(O)c(CO)c1. The third-order valence-electron chi connectivity index (χ3n) is 5.40. The fraction of sp³-hybridized carbons (Fsp3) is 0.308. The number of nitrogens with one attached hydrogen (secondary N) is 1. The maximum Gasteiger partial charge on any atom is 0.265 e. The third-order valence-corrected chi connectivity index (χ3v) is 6.98. The second-order valence-electron chi connectivity index (χ2n) is 8.38. The zero-order valence-corrected chi connectivity index (χ0v) is 20.5. The summed E-state index contributed by atoms with van der Waals surface area (Å²) >= 11 is 0. The molecular formula is C26H32NO7P. The molecule has 0 amide bonds. The Morgan fingerprint density at radius 2 is 1.69 bits per heavy atom. The highest BCUT2D eigenvalue weighted by atomic mass is 31.2. The molecule has 35 heavy (non-hydrogen) atoms. The minimum atomic E-state index is -3.64. The van der Waals surface area contributed by atoms with Crippen molar-refractivity contribution in [2.24, 2.45) is 0 Å². The molecule has 5 N–H and O–H groups in total. The van der Waals surface area contributed by atoms with Crippen LogP contribution in [0.25, 0.3) is 0 Å². The van der Waals surface area contributed by atoms with Crippen molar-refractivity contribution in [2.75, 3.05) is 19.5 Å². The summed E-state index contributed by atoms with van der Waals surface area (Å²) < 4.78 is 23.7. The van der Waals surface area contributed by atoms with Gasteiger partial charge in [0.05, 0.1) is 6.61 Å². The van der Waals surface area contributed by atoms with Gasteiger partial charge in [-0.3, -0.25) is 4.57 Å². The molecule has 3 aromatic carbocycles. The van der Waals surface area contributed by atoms with Crippen molar-refractivity contribution >= 4 is 12.7 Å². The van der Waals surface area contributed by atoms with E-state index in [-0.39, 0.29) is 31.4 Å². The van der Waals surface area contributed by atoms with E-state index in [9.17, 15) is 24.8 Å². The van der Waals surface area contributed by atoms with Crippen molar-refractivity contribution in [3.05, 3.63) is 83.9 Å². The molecular weight excluding hydrogens is 469 g/mol. The summed E-state index contributed by atoms with van der Waals surface area (Å²) in [4.78, 5) is 10.4. The Bertz CT molecular complexity index is 1110. The van der Waals surface area contributed by atoms with Gasteiger partial charge in [-0.2, -0.15) is 0 Å². The fourth-order valence-corrected chi connectivity index (χ4v) is 4.50. The summed E-state index contributed by atoms with van der Waals surface area (Å²) in [6, 6.07) is 20.5. The van der Waals surface area contributed by atoms with Crippen LogP contribution in [-0.2, 0) is 17.6 Å². The first kappa shape index (κ1) is 26.7. The Kier molecular flexibility index (Phi) is 9.72. The van der Waals surface area contributed by atoms with Crippen LogP contribution in [0, 0.1) is 0 Å². The van der Waals surface area contributed by atoms with E-state index >= 15 is 0 Å². The third kappa shape index (κ3) is 8.38. The fourth-order valence-electron chi connectivity index (χ4n) is 3.41. The lowest BCUT2D eigenvalue weighted by Crippen LogP contribution is -2.37. The predicted octanol–water partition coefficient (Wildman–Crippen LogP) is 2.78. The second kappa shape index (κ2) is 12.7. The molecule has 9 heteroatoms. The molecule has 0 heterocycles. The van der Waals surface area contributed by atoms with Gasteiger partial charge in [-0.05, 0) is 61.4 Å². The molecule has 3 unspecified atom stereocenters. The van der Waals surface area contributed by atoms with Crippen molar-refractivity contribution < 1.29 is 34.3 Å². The molecule has 0 aliphatic heterocycles. The van der Waals surface area contributed by atoms with Gasteiger partial charge in [-0.1, -0.05) is 30.3 Å². The van der Waals surface area contributed by atoms with Gasteiger partial charge in [-0.15, -0.1) is 0 Å². The number of hydrogen-bond donors (Lipinski definition) is 5. The number of aliphatic hydroxyl groups excluding tert-OH is 2. The maximum absolute atomic E-state index is 12.7. The average Bonchev–Trinajstić information content (AvgIpc) is 2.87. The molecule has 0 aromatic heterocycles. The zero-order chi connectivity index (χ0) is 25.3. The van der Waals surface area contributed by atoms with Gasteiger partial charge in [0.25, 0.3) is 7.37 Å². The Morgan fingerprint density at radius 3 is 2.37 bits per heavy atom. The van der Waals surface area contributed by atoms with E-state index in [0.717, 1.165) is 5.56 Å². The van der Waals surface area contributed by atoms with Gasteiger partial charge < -0.3 is 35.0 Å². The molecule has 0 aliphatic carbocycles. The number of hydrogen-bond acceptors (Lipinski definition) is 7. The summed E-state index contributed by atoms with van der Waals surface area (Å²) in [5, 5.41) is 32.6. The molecule has 8 nitrogen and oxygen atoms in total. The van der Waals surface area contributed by atoms with E-state index in [0.29, 0.717) is 35.3 Å². The Balaban J connectivity index is 1.42. The van der Waals surface area contributed by atoms with Crippen LogP contribution in [0.5, 0.6) is 17.2 Å². The van der Waals surface area contributed by atoms with Crippen LogP contribution in [0.2, 0.25) is 0 Å². The van der Waals surface area contributed by atoms with E-state index in [1.165, 1.54) is 12.1 Å². The number of aliphatic hydroxyl groups is 2. The van der Waals surface area contributed by atoms with Crippen LogP contribution < -0.4 is 20.1 Å². The average molecular weight is 502 g/mol. The van der Waals surface area contributed by atoms with Crippen LogP contribution in [0.3, 0.4) is 0 Å². The van der Waals surface area contributed by atoms with E-state index in [2.05, 4.69) is 5.32 Å². The van der Waals surface area contributed by atoms with E-state index in [4.69, 9.17) is 9.47 Å². The van der Waals surface area contributed by atoms with Crippen LogP contribution in [0.4, 0.5) is 0 Å². The molecule has 3 aromatic rings. The summed E-state index contributed by atoms with van der Waals surface area (Å²) in [5.74, 6) is 0.990.